The van der Waals surface area contributed by atoms with Crippen LogP contribution < -0.4 is 4.74 Å². The van der Waals surface area contributed by atoms with Gasteiger partial charge in [0.25, 0.3) is 0 Å². The van der Waals surface area contributed by atoms with Crippen molar-refractivity contribution in [3.8, 4) is 68.7 Å². The second kappa shape index (κ2) is 23.9. The normalized spacial score (nSPS) is 11.0. The molecule has 0 amide bonds. The van der Waals surface area contributed by atoms with Crippen molar-refractivity contribution in [3.05, 3.63) is 206 Å². The van der Waals surface area contributed by atoms with E-state index in [0.29, 0.717) is 58.8 Å². The largest absolute Gasteiger partial charge is 0.508 e. The first-order valence-corrected chi connectivity index (χ1v) is 26.2. The van der Waals surface area contributed by atoms with Crippen LogP contribution in [0.5, 0.6) is 11.5 Å². The van der Waals surface area contributed by atoms with E-state index in [-0.39, 0.29) is 30.9 Å². The highest BCUT2D eigenvalue weighted by Gasteiger charge is 2.18. The minimum Gasteiger partial charge on any atom is -0.508 e. The Morgan fingerprint density at radius 3 is 1.35 bits per heavy atom. The van der Waals surface area contributed by atoms with Gasteiger partial charge in [0.2, 0.25) is 23.6 Å². The third-order valence-electron chi connectivity index (χ3n) is 12.4. The lowest BCUT2D eigenvalue weighted by Crippen LogP contribution is -2.11. The molecule has 0 aliphatic carbocycles. The van der Waals surface area contributed by atoms with Gasteiger partial charge >= 0.3 is 11.9 Å². The van der Waals surface area contributed by atoms with E-state index < -0.39 is 0 Å². The molecular formula is C63H51BrN6O8. The van der Waals surface area contributed by atoms with Gasteiger partial charge in [-0.25, -0.2) is 4.79 Å². The van der Waals surface area contributed by atoms with Crippen LogP contribution in [0.4, 0.5) is 0 Å². The summed E-state index contributed by atoms with van der Waals surface area (Å²) in [7, 11) is 0. The zero-order chi connectivity index (χ0) is 54.0. The number of phenols is 1. The molecule has 14 nitrogen and oxygen atoms in total. The summed E-state index contributed by atoms with van der Waals surface area (Å²) in [4.78, 5) is 21.8. The Morgan fingerprint density at radius 1 is 0.513 bits per heavy atom. The number of rotatable bonds is 14. The molecule has 4 heterocycles. The van der Waals surface area contributed by atoms with Crippen molar-refractivity contribution in [1.29, 1.82) is 0 Å². The van der Waals surface area contributed by atoms with Gasteiger partial charge in [0, 0.05) is 72.5 Å². The Bertz CT molecular complexity index is 3990. The number of hydrogen-bond donors (Lipinski definition) is 1. The second-order valence-electron chi connectivity index (χ2n) is 17.8. The van der Waals surface area contributed by atoms with Crippen molar-refractivity contribution in [3.63, 3.8) is 0 Å². The first-order valence-electron chi connectivity index (χ1n) is 25.1. The lowest BCUT2D eigenvalue weighted by Gasteiger charge is -2.09. The van der Waals surface area contributed by atoms with Gasteiger partial charge in [0.1, 0.15) is 31.3 Å². The van der Waals surface area contributed by atoms with Crippen LogP contribution in [-0.4, -0.2) is 71.7 Å². The number of alkyl halides is 1. The summed E-state index contributed by atoms with van der Waals surface area (Å²) < 4.78 is 31.9. The molecule has 15 heteroatoms. The highest BCUT2D eigenvalue weighted by atomic mass is 79.9. The van der Waals surface area contributed by atoms with Crippen molar-refractivity contribution < 1.29 is 37.7 Å². The van der Waals surface area contributed by atoms with Gasteiger partial charge in [-0.3, -0.25) is 4.79 Å². The number of para-hydroxylation sites is 4. The minimum absolute atomic E-state index is 0.158. The molecule has 12 rings (SSSR count). The smallest absolute Gasteiger partial charge is 0.333 e. The fourth-order valence-corrected chi connectivity index (χ4v) is 9.06. The number of nitrogens with zero attached hydrogens (tertiary/aromatic N) is 6. The lowest BCUT2D eigenvalue weighted by molar-refractivity contribution is -0.144. The molecule has 12 aromatic rings. The van der Waals surface area contributed by atoms with Crippen molar-refractivity contribution in [2.75, 3.05) is 25.2 Å². The average molecular weight is 1100 g/mol. The number of aromatic nitrogens is 6. The molecule has 0 bridgehead atoms. The summed E-state index contributed by atoms with van der Waals surface area (Å²) in [6.45, 7) is 7.67. The summed E-state index contributed by atoms with van der Waals surface area (Å²) >= 11 is 3.12. The highest BCUT2D eigenvalue weighted by molar-refractivity contribution is 9.09. The number of fused-ring (bicyclic) bond motifs is 6. The molecule has 8 aromatic carbocycles. The number of aromatic hydroxyl groups is 1. The highest BCUT2D eigenvalue weighted by Crippen LogP contribution is 2.36. The van der Waals surface area contributed by atoms with Crippen molar-refractivity contribution >= 4 is 71.5 Å². The number of halogens is 1. The van der Waals surface area contributed by atoms with Crippen LogP contribution in [0.15, 0.2) is 215 Å². The van der Waals surface area contributed by atoms with Crippen molar-refractivity contribution in [1.82, 2.24) is 29.5 Å². The monoisotopic (exact) mass is 1100 g/mol. The number of phenolic OH excluding ortho intramolecular Hbond substituents is 1. The zero-order valence-electron chi connectivity index (χ0n) is 42.6. The quantitative estimate of drug-likeness (QED) is 0.0474. The summed E-state index contributed by atoms with van der Waals surface area (Å²) in [5.74, 6) is 1.84. The molecule has 0 unspecified atom stereocenters. The standard InChI is InChI=1S/C31H25N3O4.C26H17N3O2.C6H9BrO2/c1-2-29(35)37-18-17-36-24-12-8-10-22(20-24)31-33-32-30(38-31)21-9-7-11-23(19-21)34-27-15-5-3-13-25(27)26-14-4-6-16-28(26)34;30-20-10-6-8-18(16-20)26-28-27-25(31-26)17-7-5-9-19(15-17)29-23-13-3-1-11-21(23)22-12-2-4-14-24(22)29;1-5(2)6(8)9-4-3-7/h3-16,19-20H,2,17-18H2,1H3;1-16,30H;1,3-4H2,2H3. The van der Waals surface area contributed by atoms with E-state index >= 15 is 0 Å². The third kappa shape index (κ3) is 11.5. The molecule has 0 aliphatic rings. The number of carbonyl (C=O) groups is 2. The fraction of sp³-hybridized carbons (Fsp3) is 0.111. The molecule has 0 radical (unpaired) electrons. The van der Waals surface area contributed by atoms with E-state index in [4.69, 9.17) is 18.3 Å². The number of carbonyl (C=O) groups excluding carboxylic acids is 2. The summed E-state index contributed by atoms with van der Waals surface area (Å²) in [6.07, 6.45) is 0.344. The molecule has 0 fully saturated rings. The SMILES string of the molecule is C=C(C)C(=O)OCCBr.CCC(=O)OCCOc1cccc(-c2nnc(-c3cccc(-n4c5ccccc5c5ccccc54)c3)o2)c1.Oc1cccc(-c2nnc(-c3cccc(-n4c5ccccc5c5ccccc54)c3)o2)c1. The third-order valence-corrected chi connectivity index (χ3v) is 12.8. The second-order valence-corrected chi connectivity index (χ2v) is 18.6. The Balaban J connectivity index is 0.000000155. The predicted octanol–water partition coefficient (Wildman–Crippen LogP) is 14.5. The predicted molar refractivity (Wildman–Crippen MR) is 307 cm³/mol. The molecule has 78 heavy (non-hydrogen) atoms. The van der Waals surface area contributed by atoms with E-state index in [1.807, 2.05) is 54.6 Å². The van der Waals surface area contributed by atoms with Crippen molar-refractivity contribution in [2.24, 2.45) is 0 Å². The maximum atomic E-state index is 11.3. The van der Waals surface area contributed by atoms with E-state index in [2.05, 4.69) is 178 Å². The van der Waals surface area contributed by atoms with Gasteiger partial charge in [0.15, 0.2) is 0 Å². The topological polar surface area (TPSA) is 170 Å². The van der Waals surface area contributed by atoms with Gasteiger partial charge in [-0.2, -0.15) is 0 Å². The number of benzene rings is 8. The molecule has 4 aromatic heterocycles. The Morgan fingerprint density at radius 2 is 0.923 bits per heavy atom. The van der Waals surface area contributed by atoms with Crippen LogP contribution in [0.3, 0.4) is 0 Å². The first-order chi connectivity index (χ1) is 38.2. The zero-order valence-corrected chi connectivity index (χ0v) is 44.2. The Kier molecular flexibility index (Phi) is 15.9. The molecule has 0 aliphatic heterocycles. The Hall–Kier alpha value is -9.60. The average Bonchev–Trinajstić information content (AvgIpc) is 4.34. The maximum Gasteiger partial charge on any atom is 0.333 e. The van der Waals surface area contributed by atoms with Crippen LogP contribution >= 0.6 is 15.9 Å². The summed E-state index contributed by atoms with van der Waals surface area (Å²) in [5, 5.41) is 32.2. The summed E-state index contributed by atoms with van der Waals surface area (Å²) in [5.41, 5.74) is 10.1. The van der Waals surface area contributed by atoms with Gasteiger partial charge in [0.05, 0.1) is 22.1 Å². The lowest BCUT2D eigenvalue weighted by atomic mass is 10.2. The van der Waals surface area contributed by atoms with E-state index in [9.17, 15) is 14.7 Å². The van der Waals surface area contributed by atoms with Crippen LogP contribution in [0.1, 0.15) is 20.3 Å². The van der Waals surface area contributed by atoms with Gasteiger partial charge in [-0.1, -0.05) is 126 Å². The van der Waals surface area contributed by atoms with Crippen LogP contribution in [0.2, 0.25) is 0 Å². The van der Waals surface area contributed by atoms with Gasteiger partial charge in [-0.05, 0) is 104 Å². The molecule has 0 spiro atoms. The van der Waals surface area contributed by atoms with Crippen LogP contribution in [0, 0.1) is 0 Å². The van der Waals surface area contributed by atoms with Crippen molar-refractivity contribution in [2.45, 2.75) is 20.3 Å². The molecule has 0 saturated carbocycles. The van der Waals surface area contributed by atoms with E-state index in [1.54, 1.807) is 32.0 Å². The molecule has 0 saturated heterocycles. The minimum atomic E-state index is -0.325. The van der Waals surface area contributed by atoms with Crippen LogP contribution in [-0.2, 0) is 19.1 Å². The van der Waals surface area contributed by atoms with E-state index in [0.717, 1.165) is 50.1 Å². The first kappa shape index (κ1) is 51.9. The Labute approximate surface area is 456 Å². The molecule has 1 N–H and O–H groups in total. The number of ether oxygens (including phenoxy) is 3. The fourth-order valence-electron chi connectivity index (χ4n) is 8.90. The van der Waals surface area contributed by atoms with Gasteiger partial charge < -0.3 is 37.3 Å². The van der Waals surface area contributed by atoms with E-state index in [1.165, 1.54) is 21.5 Å². The molecular weight excluding hydrogens is 1050 g/mol. The molecule has 0 atom stereocenters. The van der Waals surface area contributed by atoms with Crippen LogP contribution in [0.25, 0.3) is 101 Å². The van der Waals surface area contributed by atoms with Gasteiger partial charge in [-0.15, -0.1) is 20.4 Å². The maximum absolute atomic E-state index is 11.3. The molecule has 388 valence electrons. The number of hydrogen-bond acceptors (Lipinski definition) is 12. The number of esters is 2. The summed E-state index contributed by atoms with van der Waals surface area (Å²) in [6, 6.07) is 64.0.